The molecule has 5 nitrogen and oxygen atoms in total. The summed E-state index contributed by atoms with van der Waals surface area (Å²) in [6, 6.07) is 7.51. The average molecular weight is 329 g/mol. The molecule has 1 aliphatic rings. The van der Waals surface area contributed by atoms with Crippen molar-refractivity contribution >= 4 is 18.3 Å². The van der Waals surface area contributed by atoms with Crippen molar-refractivity contribution < 1.29 is 14.3 Å². The third-order valence-corrected chi connectivity index (χ3v) is 3.37. The molecule has 0 heterocycles. The van der Waals surface area contributed by atoms with Gasteiger partial charge >= 0.3 is 0 Å². The second-order valence-electron chi connectivity index (χ2n) is 5.31. The number of carbonyl (C=O) groups excluding carboxylic acids is 1. The van der Waals surface area contributed by atoms with Crippen LogP contribution < -0.4 is 20.1 Å². The Balaban J connectivity index is 0.00000242. The van der Waals surface area contributed by atoms with E-state index >= 15 is 0 Å². The second kappa shape index (κ2) is 10.3. The highest BCUT2D eigenvalue weighted by molar-refractivity contribution is 5.85. The van der Waals surface area contributed by atoms with Crippen LogP contribution >= 0.6 is 12.4 Å². The number of methoxy groups -OCH3 is 1. The fourth-order valence-electron chi connectivity index (χ4n) is 1.96. The average Bonchev–Trinajstić information content (AvgIpc) is 3.31. The molecule has 0 aliphatic heterocycles. The minimum absolute atomic E-state index is 0. The summed E-state index contributed by atoms with van der Waals surface area (Å²) in [4.78, 5) is 11.5. The molecule has 0 bridgehead atoms. The predicted molar refractivity (Wildman–Crippen MR) is 89.0 cm³/mol. The summed E-state index contributed by atoms with van der Waals surface area (Å²) in [6.07, 6.45) is 3.39. The molecular weight excluding hydrogens is 304 g/mol. The first-order chi connectivity index (χ1) is 10.3. The standard InChI is InChI=1S/C16H24N2O3.ClH/c1-20-14-4-2-5-15(10-14)21-9-3-8-18-16(19)12-17-11-13-6-7-13;/h2,4-5,10,13,17H,3,6-9,11-12H2,1H3,(H,18,19);1H. The number of nitrogens with one attached hydrogen (secondary N) is 2. The van der Waals surface area contributed by atoms with E-state index in [2.05, 4.69) is 10.6 Å². The smallest absolute Gasteiger partial charge is 0.233 e. The maximum Gasteiger partial charge on any atom is 0.233 e. The van der Waals surface area contributed by atoms with Gasteiger partial charge < -0.3 is 20.1 Å². The van der Waals surface area contributed by atoms with Crippen LogP contribution in [0.2, 0.25) is 0 Å². The van der Waals surface area contributed by atoms with E-state index in [1.807, 2.05) is 24.3 Å². The van der Waals surface area contributed by atoms with E-state index in [0.717, 1.165) is 30.4 Å². The fraction of sp³-hybridized carbons (Fsp3) is 0.562. The molecule has 0 unspecified atom stereocenters. The summed E-state index contributed by atoms with van der Waals surface area (Å²) in [5, 5.41) is 6.05. The van der Waals surface area contributed by atoms with Crippen LogP contribution in [0.1, 0.15) is 19.3 Å². The third kappa shape index (κ3) is 7.52. The highest BCUT2D eigenvalue weighted by Crippen LogP contribution is 2.27. The van der Waals surface area contributed by atoms with Gasteiger partial charge in [0.25, 0.3) is 0 Å². The molecule has 2 rings (SSSR count). The Morgan fingerprint density at radius 3 is 2.82 bits per heavy atom. The lowest BCUT2D eigenvalue weighted by Crippen LogP contribution is -2.35. The summed E-state index contributed by atoms with van der Waals surface area (Å²) in [6.45, 7) is 2.58. The maximum atomic E-state index is 11.5. The van der Waals surface area contributed by atoms with Crippen LogP contribution in [0.5, 0.6) is 11.5 Å². The predicted octanol–water partition coefficient (Wildman–Crippen LogP) is 2.00. The number of carbonyl (C=O) groups is 1. The Labute approximate surface area is 138 Å². The van der Waals surface area contributed by atoms with Crippen molar-refractivity contribution in [3.8, 4) is 11.5 Å². The van der Waals surface area contributed by atoms with Crippen molar-refractivity contribution in [2.45, 2.75) is 19.3 Å². The molecule has 1 amide bonds. The van der Waals surface area contributed by atoms with Gasteiger partial charge in [-0.3, -0.25) is 4.79 Å². The van der Waals surface area contributed by atoms with E-state index in [1.165, 1.54) is 12.8 Å². The van der Waals surface area contributed by atoms with Crippen LogP contribution in [0, 0.1) is 5.92 Å². The van der Waals surface area contributed by atoms with Gasteiger partial charge in [0.2, 0.25) is 5.91 Å². The van der Waals surface area contributed by atoms with Crippen LogP contribution in [0.4, 0.5) is 0 Å². The Hall–Kier alpha value is -1.46. The summed E-state index contributed by atoms with van der Waals surface area (Å²) in [7, 11) is 1.63. The normalized spacial score (nSPS) is 13.1. The summed E-state index contributed by atoms with van der Waals surface area (Å²) >= 11 is 0. The van der Waals surface area contributed by atoms with Crippen molar-refractivity contribution in [2.24, 2.45) is 5.92 Å². The van der Waals surface area contributed by atoms with Crippen LogP contribution in [-0.4, -0.2) is 39.3 Å². The number of amides is 1. The Morgan fingerprint density at radius 2 is 2.09 bits per heavy atom. The molecule has 124 valence electrons. The molecule has 0 aromatic heterocycles. The Bertz CT molecular complexity index is 453. The minimum Gasteiger partial charge on any atom is -0.497 e. The van der Waals surface area contributed by atoms with Crippen LogP contribution in [0.3, 0.4) is 0 Å². The van der Waals surface area contributed by atoms with Gasteiger partial charge in [0.05, 0.1) is 20.3 Å². The van der Waals surface area contributed by atoms with Gasteiger partial charge in [0, 0.05) is 12.6 Å². The third-order valence-electron chi connectivity index (χ3n) is 3.37. The zero-order valence-electron chi connectivity index (χ0n) is 13.0. The first-order valence-corrected chi connectivity index (χ1v) is 7.52. The molecule has 0 atom stereocenters. The van der Waals surface area contributed by atoms with Gasteiger partial charge in [0.1, 0.15) is 11.5 Å². The van der Waals surface area contributed by atoms with Gasteiger partial charge in [0.15, 0.2) is 0 Å². The van der Waals surface area contributed by atoms with Crippen molar-refractivity contribution in [2.75, 3.05) is 33.4 Å². The Kier molecular flexibility index (Phi) is 8.70. The number of halogens is 1. The van der Waals surface area contributed by atoms with E-state index in [0.29, 0.717) is 19.7 Å². The molecule has 1 aromatic carbocycles. The van der Waals surface area contributed by atoms with E-state index in [4.69, 9.17) is 9.47 Å². The molecule has 1 saturated carbocycles. The highest BCUT2D eigenvalue weighted by Gasteiger charge is 2.20. The molecule has 0 radical (unpaired) electrons. The number of ether oxygens (including phenoxy) is 2. The van der Waals surface area contributed by atoms with Crippen LogP contribution in [0.25, 0.3) is 0 Å². The molecule has 0 spiro atoms. The summed E-state index contributed by atoms with van der Waals surface area (Å²) in [5.74, 6) is 2.42. The van der Waals surface area contributed by atoms with E-state index < -0.39 is 0 Å². The Morgan fingerprint density at radius 1 is 1.32 bits per heavy atom. The SMILES string of the molecule is COc1cccc(OCCCNC(=O)CNCC2CC2)c1.Cl. The fourth-order valence-corrected chi connectivity index (χ4v) is 1.96. The van der Waals surface area contributed by atoms with Crippen molar-refractivity contribution in [1.29, 1.82) is 0 Å². The lowest BCUT2D eigenvalue weighted by Gasteiger charge is -2.09. The molecule has 22 heavy (non-hydrogen) atoms. The summed E-state index contributed by atoms with van der Waals surface area (Å²) < 4.78 is 10.7. The lowest BCUT2D eigenvalue weighted by molar-refractivity contribution is -0.120. The second-order valence-corrected chi connectivity index (χ2v) is 5.31. The lowest BCUT2D eigenvalue weighted by atomic mass is 10.3. The van der Waals surface area contributed by atoms with Gasteiger partial charge in [-0.2, -0.15) is 0 Å². The van der Waals surface area contributed by atoms with Gasteiger partial charge in [-0.1, -0.05) is 6.07 Å². The minimum atomic E-state index is 0. The van der Waals surface area contributed by atoms with Crippen molar-refractivity contribution in [3.63, 3.8) is 0 Å². The molecular formula is C16H25ClN2O3. The van der Waals surface area contributed by atoms with E-state index in [-0.39, 0.29) is 18.3 Å². The van der Waals surface area contributed by atoms with E-state index in [1.54, 1.807) is 7.11 Å². The molecule has 1 aromatic rings. The molecule has 6 heteroatoms. The van der Waals surface area contributed by atoms with Crippen LogP contribution in [-0.2, 0) is 4.79 Å². The number of hydrogen-bond donors (Lipinski definition) is 2. The topological polar surface area (TPSA) is 59.6 Å². The number of rotatable bonds is 10. The first-order valence-electron chi connectivity index (χ1n) is 7.52. The van der Waals surface area contributed by atoms with Crippen LogP contribution in [0.15, 0.2) is 24.3 Å². The monoisotopic (exact) mass is 328 g/mol. The first kappa shape index (κ1) is 18.6. The zero-order chi connectivity index (χ0) is 14.9. The zero-order valence-corrected chi connectivity index (χ0v) is 13.8. The molecule has 2 N–H and O–H groups in total. The number of benzene rings is 1. The van der Waals surface area contributed by atoms with Crippen molar-refractivity contribution in [3.05, 3.63) is 24.3 Å². The molecule has 1 fully saturated rings. The van der Waals surface area contributed by atoms with Gasteiger partial charge in [-0.25, -0.2) is 0 Å². The molecule has 1 aliphatic carbocycles. The van der Waals surface area contributed by atoms with Gasteiger partial charge in [-0.15, -0.1) is 12.4 Å². The largest absolute Gasteiger partial charge is 0.497 e. The number of hydrogen-bond acceptors (Lipinski definition) is 4. The van der Waals surface area contributed by atoms with Gasteiger partial charge in [-0.05, 0) is 43.9 Å². The van der Waals surface area contributed by atoms with Crippen molar-refractivity contribution in [1.82, 2.24) is 10.6 Å². The highest BCUT2D eigenvalue weighted by atomic mass is 35.5. The maximum absolute atomic E-state index is 11.5. The summed E-state index contributed by atoms with van der Waals surface area (Å²) in [5.41, 5.74) is 0. The molecule has 0 saturated heterocycles. The quantitative estimate of drug-likeness (QED) is 0.645. The van der Waals surface area contributed by atoms with E-state index in [9.17, 15) is 4.79 Å².